The number of rotatable bonds is 10. The maximum atomic E-state index is 13.0. The van der Waals surface area contributed by atoms with Gasteiger partial charge in [-0.15, -0.1) is 4.33 Å². The zero-order valence-corrected chi connectivity index (χ0v) is 22.3. The van der Waals surface area contributed by atoms with Gasteiger partial charge in [-0.25, -0.2) is 14.2 Å². The lowest BCUT2D eigenvalue weighted by Crippen LogP contribution is -2.43. The van der Waals surface area contributed by atoms with Crippen molar-refractivity contribution in [2.24, 2.45) is 0 Å². The highest BCUT2D eigenvalue weighted by molar-refractivity contribution is 7.92. The van der Waals surface area contributed by atoms with Crippen LogP contribution in [-0.2, 0) is 15.6 Å². The van der Waals surface area contributed by atoms with Crippen molar-refractivity contribution in [3.63, 3.8) is 0 Å². The van der Waals surface area contributed by atoms with Gasteiger partial charge >= 0.3 is 0 Å². The van der Waals surface area contributed by atoms with Gasteiger partial charge in [-0.05, 0) is 42.7 Å². The van der Waals surface area contributed by atoms with Crippen molar-refractivity contribution in [3.8, 4) is 11.4 Å². The second kappa shape index (κ2) is 12.0. The molecule has 2 aromatic carbocycles. The summed E-state index contributed by atoms with van der Waals surface area (Å²) in [4.78, 5) is 31.0. The summed E-state index contributed by atoms with van der Waals surface area (Å²) >= 11 is 1.22. The largest absolute Gasteiger partial charge is 0.394 e. The molecule has 0 aliphatic carbocycles. The van der Waals surface area contributed by atoms with E-state index < -0.39 is 0 Å². The number of hydrogen-bond acceptors (Lipinski definition) is 9. The van der Waals surface area contributed by atoms with E-state index in [1.807, 2.05) is 37.3 Å². The molecule has 38 heavy (non-hydrogen) atoms. The number of imidazole rings is 1. The number of benzene rings is 2. The summed E-state index contributed by atoms with van der Waals surface area (Å²) in [6.45, 7) is 5.33. The van der Waals surface area contributed by atoms with Crippen molar-refractivity contribution in [1.82, 2.24) is 19.3 Å². The highest BCUT2D eigenvalue weighted by Crippen LogP contribution is 2.30. The van der Waals surface area contributed by atoms with E-state index in [9.17, 15) is 9.90 Å². The van der Waals surface area contributed by atoms with Gasteiger partial charge in [0.15, 0.2) is 0 Å². The zero-order chi connectivity index (χ0) is 26.5. The van der Waals surface area contributed by atoms with E-state index in [2.05, 4.69) is 41.5 Å². The molecular weight excluding hydrogens is 504 g/mol. The molecule has 0 unspecified atom stereocenters. The molecule has 0 radical (unpaired) electrons. The van der Waals surface area contributed by atoms with E-state index in [4.69, 9.17) is 9.32 Å². The molecule has 2 aromatic heterocycles. The summed E-state index contributed by atoms with van der Waals surface area (Å²) in [6.07, 6.45) is 2.22. The summed E-state index contributed by atoms with van der Waals surface area (Å²) in [6, 6.07) is 15.7. The van der Waals surface area contributed by atoms with Crippen molar-refractivity contribution < 1.29 is 14.3 Å². The second-order valence-corrected chi connectivity index (χ2v) is 10.1. The first-order valence-corrected chi connectivity index (χ1v) is 13.3. The van der Waals surface area contributed by atoms with Crippen LogP contribution >= 0.6 is 12.2 Å². The number of aryl methyl sites for hydroxylation is 1. The summed E-state index contributed by atoms with van der Waals surface area (Å²) in [5.74, 6) is 0.485. The van der Waals surface area contributed by atoms with Gasteiger partial charge in [-0.3, -0.25) is 4.79 Å². The van der Waals surface area contributed by atoms with Crippen LogP contribution in [0.5, 0.6) is 0 Å². The van der Waals surface area contributed by atoms with E-state index in [1.165, 1.54) is 19.3 Å². The smallest absolute Gasteiger partial charge is 0.261 e. The molecule has 1 aliphatic rings. The molecule has 4 N–H and O–H groups in total. The third-order valence-corrected chi connectivity index (χ3v) is 7.45. The minimum absolute atomic E-state index is 0.0763. The van der Waals surface area contributed by atoms with Gasteiger partial charge in [-0.2, -0.15) is 0 Å². The lowest BCUT2D eigenvalue weighted by molar-refractivity contribution is -0.163. The Kier molecular flexibility index (Phi) is 8.30. The van der Waals surface area contributed by atoms with Gasteiger partial charge in [0.1, 0.15) is 23.6 Å². The van der Waals surface area contributed by atoms with Crippen LogP contribution in [0.2, 0.25) is 0 Å². The second-order valence-electron chi connectivity index (χ2n) is 9.28. The van der Waals surface area contributed by atoms with Crippen LogP contribution in [0.3, 0.4) is 0 Å². The quantitative estimate of drug-likeness (QED) is 0.104. The minimum atomic E-state index is -0.262. The van der Waals surface area contributed by atoms with Crippen LogP contribution in [0.15, 0.2) is 59.5 Å². The molecule has 200 valence electrons. The fourth-order valence-electron chi connectivity index (χ4n) is 4.78. The SMILES string of the molecule is COOSN1CCN(c2cc(C)c3nc(-c4c(N[C@H](CO)Cc5ccccc5)cc[nH]c4=O)[nH]c3c2)CC1. The maximum Gasteiger partial charge on any atom is 0.261 e. The van der Waals surface area contributed by atoms with Crippen LogP contribution in [0.4, 0.5) is 11.4 Å². The molecule has 0 bridgehead atoms. The van der Waals surface area contributed by atoms with Crippen molar-refractivity contribution >= 4 is 34.6 Å². The van der Waals surface area contributed by atoms with Gasteiger partial charge in [0, 0.05) is 38.1 Å². The Balaban J connectivity index is 1.40. The van der Waals surface area contributed by atoms with Crippen LogP contribution in [0.25, 0.3) is 22.4 Å². The summed E-state index contributed by atoms with van der Waals surface area (Å²) in [5, 5.41) is 13.4. The van der Waals surface area contributed by atoms with Crippen molar-refractivity contribution in [2.75, 3.05) is 50.1 Å². The Bertz CT molecular complexity index is 1420. The molecule has 0 saturated carbocycles. The summed E-state index contributed by atoms with van der Waals surface area (Å²) < 4.78 is 7.10. The number of aromatic amines is 2. The standard InChI is InChI=1S/C27H32N6O4S/c1-18-14-21(32-10-12-33(13-11-32)38-37-36-2)16-23-25(18)31-26(30-23)24-22(8-9-28-27(24)35)29-20(17-34)15-19-6-4-3-5-7-19/h3-9,14,16,20,34H,10-13,15,17H2,1-2H3,(H,30,31)(H2,28,29,35)/t20-/m0/s1. The molecule has 10 nitrogen and oxygen atoms in total. The number of aliphatic hydroxyl groups is 1. The Morgan fingerprint density at radius 2 is 1.95 bits per heavy atom. The highest BCUT2D eigenvalue weighted by atomic mass is 32.2. The van der Waals surface area contributed by atoms with E-state index in [-0.39, 0.29) is 18.2 Å². The number of fused-ring (bicyclic) bond motifs is 1. The first-order chi connectivity index (χ1) is 18.6. The lowest BCUT2D eigenvalue weighted by atomic mass is 10.1. The Morgan fingerprint density at radius 1 is 1.16 bits per heavy atom. The van der Waals surface area contributed by atoms with E-state index >= 15 is 0 Å². The third kappa shape index (κ3) is 5.87. The first-order valence-electron chi connectivity index (χ1n) is 12.6. The number of aromatic nitrogens is 3. The van der Waals surface area contributed by atoms with Crippen molar-refractivity contribution in [1.29, 1.82) is 0 Å². The van der Waals surface area contributed by atoms with E-state index in [1.54, 1.807) is 12.3 Å². The number of anilines is 2. The number of nitrogens with one attached hydrogen (secondary N) is 3. The van der Waals surface area contributed by atoms with E-state index in [0.29, 0.717) is 23.5 Å². The molecule has 11 heteroatoms. The van der Waals surface area contributed by atoms with Crippen LogP contribution < -0.4 is 15.8 Å². The predicted molar refractivity (Wildman–Crippen MR) is 151 cm³/mol. The van der Waals surface area contributed by atoms with Crippen LogP contribution in [0.1, 0.15) is 11.1 Å². The molecule has 1 saturated heterocycles. The van der Waals surface area contributed by atoms with Gasteiger partial charge in [0.2, 0.25) is 0 Å². The first kappa shape index (κ1) is 26.3. The molecule has 1 atom stereocenters. The number of pyridine rings is 1. The maximum absolute atomic E-state index is 13.0. The number of H-pyrrole nitrogens is 2. The van der Waals surface area contributed by atoms with Gasteiger partial charge in [-0.1, -0.05) is 30.3 Å². The molecule has 0 amide bonds. The Labute approximate surface area is 225 Å². The molecule has 4 aromatic rings. The molecule has 1 fully saturated rings. The number of hydrogen-bond donors (Lipinski definition) is 4. The molecule has 0 spiro atoms. The topological polar surface area (TPSA) is 119 Å². The predicted octanol–water partition coefficient (Wildman–Crippen LogP) is 3.51. The molecular formula is C27H32N6O4S. The van der Waals surface area contributed by atoms with Gasteiger partial charge < -0.3 is 25.3 Å². The molecule has 3 heterocycles. The fourth-order valence-corrected chi connectivity index (χ4v) is 5.24. The summed E-state index contributed by atoms with van der Waals surface area (Å²) in [7, 11) is 1.50. The lowest BCUT2D eigenvalue weighted by Gasteiger charge is -2.34. The Morgan fingerprint density at radius 3 is 2.68 bits per heavy atom. The van der Waals surface area contributed by atoms with Gasteiger partial charge in [0.05, 0.1) is 36.5 Å². The van der Waals surface area contributed by atoms with E-state index in [0.717, 1.165) is 54.0 Å². The van der Waals surface area contributed by atoms with Crippen LogP contribution in [0, 0.1) is 6.92 Å². The highest BCUT2D eigenvalue weighted by Gasteiger charge is 2.21. The summed E-state index contributed by atoms with van der Waals surface area (Å²) in [5.41, 5.74) is 5.70. The average molecular weight is 537 g/mol. The monoisotopic (exact) mass is 536 g/mol. The van der Waals surface area contributed by atoms with Crippen molar-refractivity contribution in [3.05, 3.63) is 76.2 Å². The number of piperazine rings is 1. The average Bonchev–Trinajstić information content (AvgIpc) is 3.37. The third-order valence-electron chi connectivity index (χ3n) is 6.67. The number of nitrogens with zero attached hydrogens (tertiary/aromatic N) is 3. The molecule has 5 rings (SSSR count). The fraction of sp³-hybridized carbons (Fsp3) is 0.333. The van der Waals surface area contributed by atoms with Crippen molar-refractivity contribution in [2.45, 2.75) is 19.4 Å². The van der Waals surface area contributed by atoms with Crippen LogP contribution in [-0.4, -0.2) is 70.3 Å². The Hall–Kier alpha value is -3.35. The number of aliphatic hydroxyl groups excluding tert-OH is 1. The molecule has 1 aliphatic heterocycles. The zero-order valence-electron chi connectivity index (χ0n) is 21.4. The normalized spacial score (nSPS) is 15.2. The minimum Gasteiger partial charge on any atom is -0.394 e. The van der Waals surface area contributed by atoms with Gasteiger partial charge in [0.25, 0.3) is 5.56 Å².